The summed E-state index contributed by atoms with van der Waals surface area (Å²) in [5, 5.41) is 10.8. The van der Waals surface area contributed by atoms with Gasteiger partial charge in [0.05, 0.1) is 37.4 Å². The van der Waals surface area contributed by atoms with Crippen LogP contribution in [-0.2, 0) is 0 Å². The fourth-order valence-electron chi connectivity index (χ4n) is 3.42. The third kappa shape index (κ3) is 4.62. The number of non-ortho nitro benzene ring substituents is 1. The summed E-state index contributed by atoms with van der Waals surface area (Å²) in [4.78, 5) is 35.5. The number of esters is 1. The van der Waals surface area contributed by atoms with E-state index >= 15 is 0 Å². The lowest BCUT2D eigenvalue weighted by molar-refractivity contribution is -0.384. The van der Waals surface area contributed by atoms with Crippen molar-refractivity contribution in [2.75, 3.05) is 21.3 Å². The predicted molar refractivity (Wildman–Crippen MR) is 124 cm³/mol. The second-order valence-corrected chi connectivity index (χ2v) is 7.24. The normalized spacial score (nSPS) is 13.1. The van der Waals surface area contributed by atoms with E-state index in [0.29, 0.717) is 28.4 Å². The zero-order chi connectivity index (χ0) is 25.1. The number of nitro benzene ring substituents is 1. The lowest BCUT2D eigenvalue weighted by Gasteiger charge is -2.12. The van der Waals surface area contributed by atoms with Gasteiger partial charge < -0.3 is 23.7 Å². The van der Waals surface area contributed by atoms with Gasteiger partial charge in [-0.25, -0.2) is 4.79 Å². The summed E-state index contributed by atoms with van der Waals surface area (Å²) in [5.74, 6) is 0.695. The molecule has 0 aromatic heterocycles. The van der Waals surface area contributed by atoms with Gasteiger partial charge in [0.2, 0.25) is 5.78 Å². The summed E-state index contributed by atoms with van der Waals surface area (Å²) < 4.78 is 27.1. The number of rotatable bonds is 7. The molecule has 178 valence electrons. The standard InChI is InChI=1S/C25H19NO9/c1-31-19-13-22(33-3)21(32-2)10-15(19)11-23-24(27)18-9-8-17(12-20(18)35-23)34-25(28)14-4-6-16(7-5-14)26(29)30/h4-13H,1-3H3. The predicted octanol–water partition coefficient (Wildman–Crippen LogP) is 4.46. The van der Waals surface area contributed by atoms with Crippen molar-refractivity contribution in [1.29, 1.82) is 0 Å². The Morgan fingerprint density at radius 3 is 2.20 bits per heavy atom. The van der Waals surface area contributed by atoms with Gasteiger partial charge in [-0.3, -0.25) is 14.9 Å². The molecular weight excluding hydrogens is 458 g/mol. The van der Waals surface area contributed by atoms with Gasteiger partial charge in [0.1, 0.15) is 17.2 Å². The average molecular weight is 477 g/mol. The Balaban J connectivity index is 1.57. The molecule has 1 aliphatic rings. The summed E-state index contributed by atoms with van der Waals surface area (Å²) in [7, 11) is 4.48. The smallest absolute Gasteiger partial charge is 0.343 e. The molecule has 0 spiro atoms. The molecular formula is C25H19NO9. The van der Waals surface area contributed by atoms with Crippen molar-refractivity contribution in [3.63, 3.8) is 0 Å². The molecule has 10 heteroatoms. The Kier molecular flexibility index (Phi) is 6.36. The quantitative estimate of drug-likeness (QED) is 0.160. The first-order valence-electron chi connectivity index (χ1n) is 10.2. The Morgan fingerprint density at radius 1 is 0.914 bits per heavy atom. The van der Waals surface area contributed by atoms with Gasteiger partial charge in [-0.2, -0.15) is 0 Å². The first-order chi connectivity index (χ1) is 16.8. The monoisotopic (exact) mass is 477 g/mol. The first kappa shape index (κ1) is 23.3. The lowest BCUT2D eigenvalue weighted by atomic mass is 10.1. The van der Waals surface area contributed by atoms with Crippen LogP contribution in [0.2, 0.25) is 0 Å². The van der Waals surface area contributed by atoms with Crippen LogP contribution < -0.4 is 23.7 Å². The molecule has 0 bridgehead atoms. The van der Waals surface area contributed by atoms with E-state index < -0.39 is 10.9 Å². The van der Waals surface area contributed by atoms with Crippen molar-refractivity contribution in [2.45, 2.75) is 0 Å². The largest absolute Gasteiger partial charge is 0.496 e. The Morgan fingerprint density at radius 2 is 1.57 bits per heavy atom. The van der Waals surface area contributed by atoms with Gasteiger partial charge in [0.25, 0.3) is 5.69 Å². The van der Waals surface area contributed by atoms with Crippen LogP contribution in [0, 0.1) is 10.1 Å². The number of carbonyl (C=O) groups excluding carboxylic acids is 2. The van der Waals surface area contributed by atoms with E-state index in [9.17, 15) is 19.7 Å². The topological polar surface area (TPSA) is 123 Å². The fraction of sp³-hybridized carbons (Fsp3) is 0.120. The van der Waals surface area contributed by atoms with E-state index in [1.165, 1.54) is 69.9 Å². The number of Topliss-reactive ketones (excluding diaryl/α,β-unsaturated/α-hetero) is 1. The summed E-state index contributed by atoms with van der Waals surface area (Å²) in [6, 6.07) is 12.7. The SMILES string of the molecule is COc1cc(OC)c(OC)cc1C=C1Oc2cc(OC(=O)c3ccc([N+](=O)[O-])cc3)ccc2C1=O. The summed E-state index contributed by atoms with van der Waals surface area (Å²) in [6.45, 7) is 0. The molecule has 1 aliphatic heterocycles. The number of hydrogen-bond donors (Lipinski definition) is 0. The highest BCUT2D eigenvalue weighted by Gasteiger charge is 2.29. The van der Waals surface area contributed by atoms with E-state index in [0.717, 1.165) is 0 Å². The number of hydrogen-bond acceptors (Lipinski definition) is 9. The number of ketones is 1. The summed E-state index contributed by atoms with van der Waals surface area (Å²) >= 11 is 0. The Hall–Kier alpha value is -4.86. The van der Waals surface area contributed by atoms with Crippen LogP contribution in [0.25, 0.3) is 6.08 Å². The maximum absolute atomic E-state index is 12.9. The van der Waals surface area contributed by atoms with Crippen LogP contribution in [0.3, 0.4) is 0 Å². The number of ether oxygens (including phenoxy) is 5. The number of allylic oxidation sites excluding steroid dienone is 1. The Bertz CT molecular complexity index is 1360. The van der Waals surface area contributed by atoms with Crippen LogP contribution >= 0.6 is 0 Å². The minimum absolute atomic E-state index is 0.0457. The highest BCUT2D eigenvalue weighted by atomic mass is 16.6. The Labute approximate surface area is 199 Å². The molecule has 35 heavy (non-hydrogen) atoms. The van der Waals surface area contributed by atoms with E-state index in [1.54, 1.807) is 12.1 Å². The number of nitro groups is 1. The van der Waals surface area contributed by atoms with Crippen LogP contribution in [0.5, 0.6) is 28.7 Å². The molecule has 4 rings (SSSR count). The lowest BCUT2D eigenvalue weighted by Crippen LogP contribution is -2.08. The van der Waals surface area contributed by atoms with Gasteiger partial charge in [0.15, 0.2) is 17.3 Å². The molecule has 3 aromatic carbocycles. The molecule has 10 nitrogen and oxygen atoms in total. The third-order valence-corrected chi connectivity index (χ3v) is 5.19. The molecule has 0 saturated carbocycles. The second kappa shape index (κ2) is 9.56. The average Bonchev–Trinajstić information content (AvgIpc) is 3.17. The minimum atomic E-state index is -0.713. The van der Waals surface area contributed by atoms with Crippen LogP contribution in [-0.4, -0.2) is 38.0 Å². The molecule has 0 aliphatic carbocycles. The van der Waals surface area contributed by atoms with E-state index in [1.807, 2.05) is 0 Å². The zero-order valence-electron chi connectivity index (χ0n) is 18.9. The fourth-order valence-corrected chi connectivity index (χ4v) is 3.42. The highest BCUT2D eigenvalue weighted by molar-refractivity contribution is 6.14. The maximum atomic E-state index is 12.9. The second-order valence-electron chi connectivity index (χ2n) is 7.24. The minimum Gasteiger partial charge on any atom is -0.496 e. The van der Waals surface area contributed by atoms with E-state index in [4.69, 9.17) is 23.7 Å². The molecule has 0 amide bonds. The van der Waals surface area contributed by atoms with Crippen molar-refractivity contribution in [3.05, 3.63) is 87.2 Å². The van der Waals surface area contributed by atoms with Crippen LogP contribution in [0.4, 0.5) is 5.69 Å². The third-order valence-electron chi connectivity index (χ3n) is 5.19. The van der Waals surface area contributed by atoms with E-state index in [-0.39, 0.29) is 34.3 Å². The molecule has 0 fully saturated rings. The van der Waals surface area contributed by atoms with Gasteiger partial charge in [-0.15, -0.1) is 0 Å². The molecule has 0 radical (unpaired) electrons. The van der Waals surface area contributed by atoms with Gasteiger partial charge in [0, 0.05) is 29.8 Å². The van der Waals surface area contributed by atoms with Gasteiger partial charge >= 0.3 is 5.97 Å². The number of carbonyl (C=O) groups is 2. The summed E-state index contributed by atoms with van der Waals surface area (Å²) in [6.07, 6.45) is 1.52. The molecule has 0 unspecified atom stereocenters. The molecule has 3 aromatic rings. The summed E-state index contributed by atoms with van der Waals surface area (Å²) in [5.41, 5.74) is 0.822. The first-order valence-corrected chi connectivity index (χ1v) is 10.2. The van der Waals surface area contributed by atoms with Crippen molar-refractivity contribution in [1.82, 2.24) is 0 Å². The number of methoxy groups -OCH3 is 3. The number of benzene rings is 3. The number of fused-ring (bicyclic) bond motifs is 1. The van der Waals surface area contributed by atoms with E-state index in [2.05, 4.69) is 0 Å². The molecule has 0 atom stereocenters. The van der Waals surface area contributed by atoms with Gasteiger partial charge in [-0.1, -0.05) is 0 Å². The van der Waals surface area contributed by atoms with Crippen molar-refractivity contribution < 1.29 is 38.2 Å². The van der Waals surface area contributed by atoms with Crippen molar-refractivity contribution in [3.8, 4) is 28.7 Å². The van der Waals surface area contributed by atoms with Crippen LogP contribution in [0.15, 0.2) is 60.4 Å². The van der Waals surface area contributed by atoms with Crippen molar-refractivity contribution >= 4 is 23.5 Å². The molecule has 1 heterocycles. The molecule has 0 N–H and O–H groups in total. The molecule has 0 saturated heterocycles. The van der Waals surface area contributed by atoms with Gasteiger partial charge in [-0.05, 0) is 36.4 Å². The number of nitrogens with zero attached hydrogens (tertiary/aromatic N) is 1. The van der Waals surface area contributed by atoms with Crippen LogP contribution in [0.1, 0.15) is 26.3 Å². The zero-order valence-corrected chi connectivity index (χ0v) is 18.9. The van der Waals surface area contributed by atoms with Crippen molar-refractivity contribution in [2.24, 2.45) is 0 Å². The highest BCUT2D eigenvalue weighted by Crippen LogP contribution is 2.39. The maximum Gasteiger partial charge on any atom is 0.343 e.